The molecule has 0 radical (unpaired) electrons. The van der Waals surface area contributed by atoms with Crippen LogP contribution in [0.5, 0.6) is 0 Å². The minimum atomic E-state index is 0.359. The first-order valence-electron chi connectivity index (χ1n) is 8.31. The van der Waals surface area contributed by atoms with Crippen LogP contribution in [-0.4, -0.2) is 25.1 Å². The fraction of sp³-hybridized carbons (Fsp3) is 0.824. The molecule has 3 nitrogen and oxygen atoms in total. The van der Waals surface area contributed by atoms with Crippen molar-refractivity contribution in [3.05, 3.63) is 10.6 Å². The van der Waals surface area contributed by atoms with E-state index in [0.29, 0.717) is 11.5 Å². The number of rotatable bonds is 3. The van der Waals surface area contributed by atoms with Crippen LogP contribution in [0.3, 0.4) is 0 Å². The zero-order valence-corrected chi connectivity index (χ0v) is 14.9. The van der Waals surface area contributed by atoms with E-state index in [-0.39, 0.29) is 0 Å². The van der Waals surface area contributed by atoms with Gasteiger partial charge in [-0.1, -0.05) is 39.0 Å². The van der Waals surface area contributed by atoms with Gasteiger partial charge < -0.3 is 10.2 Å². The standard InChI is InChI=1S/C17H29N3S/c1-11(2)12-6-7-20(10-12)16-19-14-9-17(3,4)8-13(18-5)15(14)21-16/h11-13,18H,6-10H2,1-5H3. The molecule has 0 spiro atoms. The predicted octanol–water partition coefficient (Wildman–Crippen LogP) is 3.86. The molecular formula is C17H29N3S. The molecule has 4 heteroatoms. The molecule has 1 aromatic heterocycles. The summed E-state index contributed by atoms with van der Waals surface area (Å²) in [6, 6.07) is 0.485. The summed E-state index contributed by atoms with van der Waals surface area (Å²) < 4.78 is 0. The van der Waals surface area contributed by atoms with Gasteiger partial charge in [-0.05, 0) is 43.6 Å². The van der Waals surface area contributed by atoms with Crippen LogP contribution in [0.1, 0.15) is 57.1 Å². The lowest BCUT2D eigenvalue weighted by molar-refractivity contribution is 0.265. The Balaban J connectivity index is 1.83. The highest BCUT2D eigenvalue weighted by Gasteiger charge is 2.36. The Morgan fingerprint density at radius 1 is 1.38 bits per heavy atom. The molecule has 0 aromatic carbocycles. The van der Waals surface area contributed by atoms with Gasteiger partial charge >= 0.3 is 0 Å². The van der Waals surface area contributed by atoms with E-state index in [1.165, 1.54) is 41.6 Å². The maximum absolute atomic E-state index is 5.02. The van der Waals surface area contributed by atoms with Crippen molar-refractivity contribution in [1.29, 1.82) is 0 Å². The van der Waals surface area contributed by atoms with Crippen molar-refractivity contribution in [1.82, 2.24) is 10.3 Å². The second-order valence-electron chi connectivity index (χ2n) is 7.93. The SMILES string of the molecule is CNC1CC(C)(C)Cc2nc(N3CCC(C(C)C)C3)sc21. The minimum Gasteiger partial charge on any atom is -0.348 e. The van der Waals surface area contributed by atoms with Crippen LogP contribution < -0.4 is 10.2 Å². The number of aromatic nitrogens is 1. The van der Waals surface area contributed by atoms with Gasteiger partial charge in [0.15, 0.2) is 5.13 Å². The average molecular weight is 308 g/mol. The van der Waals surface area contributed by atoms with Crippen LogP contribution in [0.25, 0.3) is 0 Å². The van der Waals surface area contributed by atoms with Crippen molar-refractivity contribution in [3.8, 4) is 0 Å². The number of hydrogen-bond acceptors (Lipinski definition) is 4. The van der Waals surface area contributed by atoms with E-state index >= 15 is 0 Å². The Bertz CT molecular complexity index is 506. The summed E-state index contributed by atoms with van der Waals surface area (Å²) in [6.45, 7) is 11.8. The molecule has 0 saturated carbocycles. The summed E-state index contributed by atoms with van der Waals surface area (Å²) in [7, 11) is 2.08. The summed E-state index contributed by atoms with van der Waals surface area (Å²) in [5, 5.41) is 4.76. The fourth-order valence-electron chi connectivity index (χ4n) is 3.79. The van der Waals surface area contributed by atoms with Gasteiger partial charge in [-0.2, -0.15) is 0 Å². The van der Waals surface area contributed by atoms with E-state index in [4.69, 9.17) is 4.98 Å². The maximum atomic E-state index is 5.02. The Kier molecular flexibility index (Phi) is 4.04. The van der Waals surface area contributed by atoms with Gasteiger partial charge in [-0.15, -0.1) is 0 Å². The molecule has 2 heterocycles. The van der Waals surface area contributed by atoms with Crippen molar-refractivity contribution < 1.29 is 0 Å². The molecule has 0 amide bonds. The third kappa shape index (κ3) is 2.98. The highest BCUT2D eigenvalue weighted by Crippen LogP contribution is 2.45. The summed E-state index contributed by atoms with van der Waals surface area (Å²) in [5.41, 5.74) is 1.70. The Morgan fingerprint density at radius 3 is 2.76 bits per heavy atom. The van der Waals surface area contributed by atoms with Gasteiger partial charge in [0.05, 0.1) is 5.69 Å². The highest BCUT2D eigenvalue weighted by molar-refractivity contribution is 7.15. The van der Waals surface area contributed by atoms with Crippen LogP contribution >= 0.6 is 11.3 Å². The molecule has 2 unspecified atom stereocenters. The monoisotopic (exact) mass is 307 g/mol. The second kappa shape index (κ2) is 5.54. The molecule has 0 bridgehead atoms. The molecule has 1 aliphatic carbocycles. The zero-order chi connectivity index (χ0) is 15.2. The molecule has 1 fully saturated rings. The normalized spacial score (nSPS) is 28.2. The van der Waals surface area contributed by atoms with E-state index in [9.17, 15) is 0 Å². The largest absolute Gasteiger partial charge is 0.348 e. The molecule has 21 heavy (non-hydrogen) atoms. The van der Waals surface area contributed by atoms with Crippen molar-refractivity contribution in [2.24, 2.45) is 17.3 Å². The first kappa shape index (κ1) is 15.3. The average Bonchev–Trinajstić information content (AvgIpc) is 3.01. The Hall–Kier alpha value is -0.610. The van der Waals surface area contributed by atoms with Gasteiger partial charge in [-0.25, -0.2) is 4.98 Å². The second-order valence-corrected chi connectivity index (χ2v) is 8.94. The summed E-state index contributed by atoms with van der Waals surface area (Å²) in [6.07, 6.45) is 3.66. The van der Waals surface area contributed by atoms with Gasteiger partial charge in [0.1, 0.15) is 0 Å². The first-order valence-corrected chi connectivity index (χ1v) is 9.13. The van der Waals surface area contributed by atoms with E-state index in [1.807, 2.05) is 11.3 Å². The van der Waals surface area contributed by atoms with E-state index in [2.05, 4.69) is 45.0 Å². The number of thiazole rings is 1. The molecule has 1 N–H and O–H groups in total. The first-order chi connectivity index (χ1) is 9.89. The van der Waals surface area contributed by atoms with Crippen LogP contribution in [0, 0.1) is 17.3 Å². The molecule has 2 aliphatic rings. The molecule has 1 aliphatic heterocycles. The van der Waals surface area contributed by atoms with Crippen LogP contribution in [0.4, 0.5) is 5.13 Å². The van der Waals surface area contributed by atoms with E-state index in [0.717, 1.165) is 18.3 Å². The molecule has 118 valence electrons. The molecular weight excluding hydrogens is 278 g/mol. The smallest absolute Gasteiger partial charge is 0.185 e. The highest BCUT2D eigenvalue weighted by atomic mass is 32.1. The number of nitrogens with zero attached hydrogens (tertiary/aromatic N) is 2. The molecule has 2 atom stereocenters. The van der Waals surface area contributed by atoms with Gasteiger partial charge in [0.25, 0.3) is 0 Å². The number of fused-ring (bicyclic) bond motifs is 1. The fourth-order valence-corrected chi connectivity index (χ4v) is 5.02. The summed E-state index contributed by atoms with van der Waals surface area (Å²) in [4.78, 5) is 9.03. The number of anilines is 1. The van der Waals surface area contributed by atoms with Crippen LogP contribution in [-0.2, 0) is 6.42 Å². The molecule has 1 aromatic rings. The number of nitrogens with one attached hydrogen (secondary N) is 1. The van der Waals surface area contributed by atoms with Crippen molar-refractivity contribution in [3.63, 3.8) is 0 Å². The summed E-state index contributed by atoms with van der Waals surface area (Å²) >= 11 is 1.93. The molecule has 1 saturated heterocycles. The summed E-state index contributed by atoms with van der Waals surface area (Å²) in [5.74, 6) is 1.62. The van der Waals surface area contributed by atoms with Crippen LogP contribution in [0.2, 0.25) is 0 Å². The van der Waals surface area contributed by atoms with Gasteiger partial charge in [-0.3, -0.25) is 0 Å². The van der Waals surface area contributed by atoms with Crippen molar-refractivity contribution >= 4 is 16.5 Å². The van der Waals surface area contributed by atoms with Gasteiger partial charge in [0.2, 0.25) is 0 Å². The maximum Gasteiger partial charge on any atom is 0.185 e. The zero-order valence-electron chi connectivity index (χ0n) is 14.1. The van der Waals surface area contributed by atoms with Gasteiger partial charge in [0, 0.05) is 24.0 Å². The van der Waals surface area contributed by atoms with Crippen LogP contribution in [0.15, 0.2) is 0 Å². The van der Waals surface area contributed by atoms with Crippen molar-refractivity contribution in [2.75, 3.05) is 25.0 Å². The third-order valence-corrected chi connectivity index (χ3v) is 6.49. The van der Waals surface area contributed by atoms with E-state index < -0.39 is 0 Å². The van der Waals surface area contributed by atoms with E-state index in [1.54, 1.807) is 0 Å². The third-order valence-electron chi connectivity index (χ3n) is 5.22. The lowest BCUT2D eigenvalue weighted by Gasteiger charge is -2.34. The number of hydrogen-bond donors (Lipinski definition) is 1. The lowest BCUT2D eigenvalue weighted by atomic mass is 9.76. The minimum absolute atomic E-state index is 0.359. The van der Waals surface area contributed by atoms with Crippen molar-refractivity contribution in [2.45, 2.75) is 53.0 Å². The lowest BCUT2D eigenvalue weighted by Crippen LogP contribution is -2.30. The Labute approximate surface area is 133 Å². The quantitative estimate of drug-likeness (QED) is 0.919. The topological polar surface area (TPSA) is 28.2 Å². The molecule has 3 rings (SSSR count). The Morgan fingerprint density at radius 2 is 2.14 bits per heavy atom. The predicted molar refractivity (Wildman–Crippen MR) is 91.2 cm³/mol.